The van der Waals surface area contributed by atoms with Crippen molar-refractivity contribution in [3.8, 4) is 10.6 Å². The van der Waals surface area contributed by atoms with Crippen LogP contribution in [0.4, 0.5) is 4.79 Å². The van der Waals surface area contributed by atoms with Gasteiger partial charge in [0.25, 0.3) is 5.91 Å². The molecule has 24 heavy (non-hydrogen) atoms. The number of nitrogens with zero attached hydrogens (tertiary/aromatic N) is 4. The molecule has 3 amide bonds. The van der Waals surface area contributed by atoms with Crippen molar-refractivity contribution in [1.82, 2.24) is 25.0 Å². The lowest BCUT2D eigenvalue weighted by molar-refractivity contribution is -0.131. The third-order valence-corrected chi connectivity index (χ3v) is 4.93. The molecular formula is C16H21N5O2S. The number of carbonyl (C=O) groups is 2. The number of amides is 3. The highest BCUT2D eigenvalue weighted by Gasteiger charge is 2.47. The lowest BCUT2D eigenvalue weighted by Gasteiger charge is -2.23. The molecule has 1 aliphatic rings. The summed E-state index contributed by atoms with van der Waals surface area (Å²) in [7, 11) is 1.85. The van der Waals surface area contributed by atoms with Crippen molar-refractivity contribution in [2.45, 2.75) is 39.3 Å². The molecule has 7 nitrogen and oxygen atoms in total. The molecule has 8 heteroatoms. The Morgan fingerprint density at radius 2 is 2.12 bits per heavy atom. The van der Waals surface area contributed by atoms with Gasteiger partial charge in [-0.15, -0.1) is 11.3 Å². The fourth-order valence-corrected chi connectivity index (χ4v) is 3.84. The van der Waals surface area contributed by atoms with Crippen LogP contribution >= 0.6 is 11.3 Å². The van der Waals surface area contributed by atoms with Crippen molar-refractivity contribution >= 4 is 23.3 Å². The summed E-state index contributed by atoms with van der Waals surface area (Å²) in [5.41, 5.74) is 0.805. The van der Waals surface area contributed by atoms with Gasteiger partial charge in [-0.05, 0) is 19.3 Å². The Balaban J connectivity index is 1.76. The molecule has 0 spiro atoms. The van der Waals surface area contributed by atoms with Crippen molar-refractivity contribution in [1.29, 1.82) is 0 Å². The van der Waals surface area contributed by atoms with Gasteiger partial charge in [0.2, 0.25) is 0 Å². The molecular weight excluding hydrogens is 326 g/mol. The van der Waals surface area contributed by atoms with Gasteiger partial charge in [-0.1, -0.05) is 13.8 Å². The predicted octanol–water partition coefficient (Wildman–Crippen LogP) is 2.40. The quantitative estimate of drug-likeness (QED) is 0.842. The van der Waals surface area contributed by atoms with Gasteiger partial charge in [-0.3, -0.25) is 14.4 Å². The second-order valence-electron chi connectivity index (χ2n) is 6.80. The Morgan fingerprint density at radius 3 is 2.75 bits per heavy atom. The summed E-state index contributed by atoms with van der Waals surface area (Å²) in [5.74, 6) is 0.132. The van der Waals surface area contributed by atoms with Gasteiger partial charge in [0.1, 0.15) is 10.5 Å². The van der Waals surface area contributed by atoms with Crippen LogP contribution in [-0.2, 0) is 18.4 Å². The number of rotatable bonds is 5. The Hall–Kier alpha value is -2.22. The second kappa shape index (κ2) is 6.01. The van der Waals surface area contributed by atoms with Crippen molar-refractivity contribution in [3.63, 3.8) is 0 Å². The van der Waals surface area contributed by atoms with Crippen LogP contribution in [0.25, 0.3) is 10.6 Å². The first kappa shape index (κ1) is 16.6. The topological polar surface area (TPSA) is 80.1 Å². The SMILES string of the molecule is CC(C)C[C@]1(C)NC(=O)N(Cc2csc(-c3cnn(C)c3)n2)C1=O. The molecule has 0 radical (unpaired) electrons. The largest absolute Gasteiger partial charge is 0.325 e. The zero-order chi connectivity index (χ0) is 17.5. The van der Waals surface area contributed by atoms with Crippen molar-refractivity contribution in [3.05, 3.63) is 23.5 Å². The molecule has 1 saturated heterocycles. The number of aromatic nitrogens is 3. The van der Waals surface area contributed by atoms with Crippen LogP contribution in [0.2, 0.25) is 0 Å². The number of hydrogen-bond acceptors (Lipinski definition) is 5. The van der Waals surface area contributed by atoms with E-state index in [4.69, 9.17) is 0 Å². The van der Waals surface area contributed by atoms with Crippen LogP contribution in [0.1, 0.15) is 32.9 Å². The van der Waals surface area contributed by atoms with Gasteiger partial charge < -0.3 is 5.32 Å². The van der Waals surface area contributed by atoms with Gasteiger partial charge in [0.05, 0.1) is 18.4 Å². The number of carbonyl (C=O) groups excluding carboxylic acids is 2. The fourth-order valence-electron chi connectivity index (χ4n) is 3.05. The van der Waals surface area contributed by atoms with Crippen LogP contribution < -0.4 is 5.32 Å². The zero-order valence-electron chi connectivity index (χ0n) is 14.2. The summed E-state index contributed by atoms with van der Waals surface area (Å²) in [6.07, 6.45) is 4.25. The van der Waals surface area contributed by atoms with E-state index in [1.165, 1.54) is 16.2 Å². The second-order valence-corrected chi connectivity index (χ2v) is 7.66. The van der Waals surface area contributed by atoms with E-state index in [9.17, 15) is 9.59 Å². The third kappa shape index (κ3) is 3.06. The van der Waals surface area contributed by atoms with Crippen LogP contribution in [0.15, 0.2) is 17.8 Å². The summed E-state index contributed by atoms with van der Waals surface area (Å²) >= 11 is 1.48. The monoisotopic (exact) mass is 347 g/mol. The Bertz CT molecular complexity index is 781. The molecule has 0 bridgehead atoms. The highest BCUT2D eigenvalue weighted by molar-refractivity contribution is 7.13. The van der Waals surface area contributed by atoms with Crippen LogP contribution in [-0.4, -0.2) is 37.1 Å². The van der Waals surface area contributed by atoms with E-state index >= 15 is 0 Å². The number of nitrogens with one attached hydrogen (secondary N) is 1. The Morgan fingerprint density at radius 1 is 1.38 bits per heavy atom. The van der Waals surface area contributed by atoms with Crippen molar-refractivity contribution < 1.29 is 9.59 Å². The van der Waals surface area contributed by atoms with E-state index in [2.05, 4.69) is 15.4 Å². The van der Waals surface area contributed by atoms with Gasteiger partial charge in [-0.25, -0.2) is 9.78 Å². The lowest BCUT2D eigenvalue weighted by Crippen LogP contribution is -2.44. The average molecular weight is 347 g/mol. The summed E-state index contributed by atoms with van der Waals surface area (Å²) in [6.45, 7) is 6.05. The molecule has 1 fully saturated rings. The molecule has 1 N–H and O–H groups in total. The first-order valence-corrected chi connectivity index (χ1v) is 8.74. The maximum Gasteiger partial charge on any atom is 0.325 e. The van der Waals surface area contributed by atoms with Crippen LogP contribution in [0.5, 0.6) is 0 Å². The van der Waals surface area contributed by atoms with Gasteiger partial charge in [0, 0.05) is 24.2 Å². The maximum atomic E-state index is 12.7. The first-order chi connectivity index (χ1) is 11.3. The van der Waals surface area contributed by atoms with E-state index < -0.39 is 5.54 Å². The number of hydrogen-bond donors (Lipinski definition) is 1. The van der Waals surface area contributed by atoms with E-state index in [1.54, 1.807) is 17.8 Å². The van der Waals surface area contributed by atoms with E-state index in [0.29, 0.717) is 18.0 Å². The van der Waals surface area contributed by atoms with Crippen molar-refractivity contribution in [2.24, 2.45) is 13.0 Å². The highest BCUT2D eigenvalue weighted by atomic mass is 32.1. The van der Waals surface area contributed by atoms with Gasteiger partial charge in [0.15, 0.2) is 0 Å². The van der Waals surface area contributed by atoms with E-state index in [0.717, 1.165) is 10.6 Å². The van der Waals surface area contributed by atoms with Gasteiger partial charge >= 0.3 is 6.03 Å². The average Bonchev–Trinajstić information content (AvgIpc) is 3.15. The van der Waals surface area contributed by atoms with Crippen molar-refractivity contribution in [2.75, 3.05) is 0 Å². The first-order valence-electron chi connectivity index (χ1n) is 7.86. The molecule has 2 aromatic rings. The number of thiazole rings is 1. The number of aryl methyl sites for hydroxylation is 1. The molecule has 128 valence electrons. The lowest BCUT2D eigenvalue weighted by atomic mass is 9.91. The Kier molecular flexibility index (Phi) is 4.16. The molecule has 0 aromatic carbocycles. The molecule has 0 aliphatic carbocycles. The Labute approximate surface area is 144 Å². The van der Waals surface area contributed by atoms with Gasteiger partial charge in [-0.2, -0.15) is 5.10 Å². The standard InChI is InChI=1S/C16H21N5O2S/c1-10(2)5-16(3)14(22)21(15(23)19-16)8-12-9-24-13(18-12)11-6-17-20(4)7-11/h6-7,9-10H,5,8H2,1-4H3,(H,19,23)/t16-/m0/s1. The molecule has 3 rings (SSSR count). The summed E-state index contributed by atoms with van der Waals surface area (Å²) < 4.78 is 1.71. The maximum absolute atomic E-state index is 12.7. The minimum Gasteiger partial charge on any atom is -0.323 e. The van der Waals surface area contributed by atoms with Crippen LogP contribution in [0, 0.1) is 5.92 Å². The number of imide groups is 1. The fraction of sp³-hybridized carbons (Fsp3) is 0.500. The van der Waals surface area contributed by atoms with Crippen LogP contribution in [0.3, 0.4) is 0 Å². The smallest absolute Gasteiger partial charge is 0.323 e. The molecule has 0 unspecified atom stereocenters. The summed E-state index contributed by atoms with van der Waals surface area (Å²) in [6, 6.07) is -0.348. The normalized spacial score (nSPS) is 21.0. The summed E-state index contributed by atoms with van der Waals surface area (Å²) in [4.78, 5) is 30.7. The van der Waals surface area contributed by atoms with E-state index in [1.807, 2.05) is 32.5 Å². The minimum absolute atomic E-state index is 0.183. The highest BCUT2D eigenvalue weighted by Crippen LogP contribution is 2.28. The van der Waals surface area contributed by atoms with E-state index in [-0.39, 0.29) is 18.5 Å². The third-order valence-electron chi connectivity index (χ3n) is 3.99. The molecule has 1 aliphatic heterocycles. The molecule has 3 heterocycles. The molecule has 1 atom stereocenters. The molecule has 0 saturated carbocycles. The zero-order valence-corrected chi connectivity index (χ0v) is 15.1. The minimum atomic E-state index is -0.826. The molecule has 2 aromatic heterocycles. The number of urea groups is 1. The predicted molar refractivity (Wildman–Crippen MR) is 91.3 cm³/mol. The summed E-state index contributed by atoms with van der Waals surface area (Å²) in [5, 5.41) is 9.66.